The molecule has 0 saturated carbocycles. The lowest BCUT2D eigenvalue weighted by atomic mass is 10.2. The van der Waals surface area contributed by atoms with Crippen molar-refractivity contribution in [3.63, 3.8) is 0 Å². The zero-order chi connectivity index (χ0) is 7.78. The van der Waals surface area contributed by atoms with Crippen LogP contribution in [-0.4, -0.2) is 6.18 Å². The van der Waals surface area contributed by atoms with Crippen LogP contribution in [0.15, 0.2) is 10.6 Å². The molecule has 1 aliphatic carbocycles. The molecule has 0 fully saturated rings. The monoisotopic (exact) mass is 170 g/mol. The van der Waals surface area contributed by atoms with Crippen LogP contribution in [0.25, 0.3) is 0 Å². The molecule has 0 heterocycles. The summed E-state index contributed by atoms with van der Waals surface area (Å²) in [4.78, 5) is 0. The second kappa shape index (κ2) is 2.46. The van der Waals surface area contributed by atoms with E-state index in [0.29, 0.717) is 12.8 Å². The Balaban J connectivity index is 2.81. The lowest BCUT2D eigenvalue weighted by molar-refractivity contribution is -0.0933. The van der Waals surface area contributed by atoms with Crippen LogP contribution in [0.2, 0.25) is 0 Å². The van der Waals surface area contributed by atoms with Crippen LogP contribution >= 0.6 is 11.6 Å². The van der Waals surface area contributed by atoms with Gasteiger partial charge >= 0.3 is 6.18 Å². The zero-order valence-corrected chi connectivity index (χ0v) is 5.89. The Hall–Kier alpha value is -0.180. The molecule has 0 atom stereocenters. The summed E-state index contributed by atoms with van der Waals surface area (Å²) >= 11 is 5.32. The highest BCUT2D eigenvalue weighted by molar-refractivity contribution is 6.30. The fourth-order valence-corrected chi connectivity index (χ4v) is 1.34. The van der Waals surface area contributed by atoms with Gasteiger partial charge in [0.05, 0.1) is 0 Å². The summed E-state index contributed by atoms with van der Waals surface area (Å²) in [5.41, 5.74) is -0.533. The number of rotatable bonds is 0. The average molecular weight is 171 g/mol. The summed E-state index contributed by atoms with van der Waals surface area (Å²) in [6, 6.07) is 0. The van der Waals surface area contributed by atoms with E-state index in [1.165, 1.54) is 0 Å². The zero-order valence-electron chi connectivity index (χ0n) is 5.13. The van der Waals surface area contributed by atoms with Gasteiger partial charge in [0, 0.05) is 10.6 Å². The fourth-order valence-electron chi connectivity index (χ4n) is 1.00. The highest BCUT2D eigenvalue weighted by atomic mass is 35.5. The van der Waals surface area contributed by atoms with E-state index in [1.54, 1.807) is 0 Å². The molecule has 10 heavy (non-hydrogen) atoms. The smallest absolute Gasteiger partial charge is 0.166 e. The molecule has 0 amide bonds. The first-order valence-corrected chi connectivity index (χ1v) is 3.34. The van der Waals surface area contributed by atoms with Gasteiger partial charge in [0.1, 0.15) is 0 Å². The minimum atomic E-state index is -4.20. The van der Waals surface area contributed by atoms with Crippen LogP contribution in [0, 0.1) is 0 Å². The maximum absolute atomic E-state index is 11.9. The Kier molecular flexibility index (Phi) is 1.95. The molecule has 0 spiro atoms. The molecule has 1 aliphatic rings. The van der Waals surface area contributed by atoms with E-state index >= 15 is 0 Å². The van der Waals surface area contributed by atoms with Gasteiger partial charge < -0.3 is 0 Å². The van der Waals surface area contributed by atoms with Crippen LogP contribution in [-0.2, 0) is 0 Å². The standard InChI is InChI=1S/C6H6ClF3/c7-5-3-1-2-4(5)6(8,9)10/h1-3H2. The molecule has 0 nitrogen and oxygen atoms in total. The van der Waals surface area contributed by atoms with E-state index in [1.807, 2.05) is 0 Å². The Morgan fingerprint density at radius 3 is 2.00 bits per heavy atom. The van der Waals surface area contributed by atoms with E-state index in [4.69, 9.17) is 11.6 Å². The quantitative estimate of drug-likeness (QED) is 0.524. The van der Waals surface area contributed by atoms with Gasteiger partial charge in [-0.05, 0) is 19.3 Å². The summed E-state index contributed by atoms with van der Waals surface area (Å²) in [5, 5.41) is -0.00694. The topological polar surface area (TPSA) is 0 Å². The first-order chi connectivity index (χ1) is 4.52. The Morgan fingerprint density at radius 1 is 1.20 bits per heavy atom. The van der Waals surface area contributed by atoms with E-state index in [-0.39, 0.29) is 11.5 Å². The molecule has 0 radical (unpaired) electrons. The molecule has 0 bridgehead atoms. The second-order valence-corrected chi connectivity index (χ2v) is 2.69. The maximum Gasteiger partial charge on any atom is 0.413 e. The molecule has 0 aromatic heterocycles. The molecule has 0 N–H and O–H groups in total. The van der Waals surface area contributed by atoms with Crippen molar-refractivity contribution >= 4 is 11.6 Å². The Bertz CT molecular complexity index is 168. The molecule has 0 saturated heterocycles. The minimum Gasteiger partial charge on any atom is -0.166 e. The third kappa shape index (κ3) is 1.45. The van der Waals surface area contributed by atoms with Crippen molar-refractivity contribution in [1.82, 2.24) is 0 Å². The average Bonchev–Trinajstić information content (AvgIpc) is 2.11. The van der Waals surface area contributed by atoms with Crippen molar-refractivity contribution in [2.45, 2.75) is 25.4 Å². The molecule has 1 rings (SSSR count). The number of hydrogen-bond acceptors (Lipinski definition) is 0. The lowest BCUT2D eigenvalue weighted by Gasteiger charge is -2.06. The molecule has 0 aromatic rings. The summed E-state index contributed by atoms with van der Waals surface area (Å²) in [5.74, 6) is 0. The predicted octanol–water partition coefficient (Wildman–Crippen LogP) is 3.23. The van der Waals surface area contributed by atoms with Crippen molar-refractivity contribution in [3.8, 4) is 0 Å². The van der Waals surface area contributed by atoms with E-state index in [9.17, 15) is 13.2 Å². The van der Waals surface area contributed by atoms with E-state index < -0.39 is 11.7 Å². The SMILES string of the molecule is FC(F)(F)C1=C(Cl)CCC1. The van der Waals surface area contributed by atoms with Crippen molar-refractivity contribution < 1.29 is 13.2 Å². The third-order valence-corrected chi connectivity index (χ3v) is 1.91. The summed E-state index contributed by atoms with van der Waals surface area (Å²) in [7, 11) is 0. The molecular formula is C6H6ClF3. The van der Waals surface area contributed by atoms with Crippen molar-refractivity contribution in [2.75, 3.05) is 0 Å². The fraction of sp³-hybridized carbons (Fsp3) is 0.667. The normalized spacial score (nSPS) is 20.4. The van der Waals surface area contributed by atoms with Gasteiger partial charge in [-0.3, -0.25) is 0 Å². The Labute approximate surface area is 61.7 Å². The van der Waals surface area contributed by atoms with Gasteiger partial charge in [0.2, 0.25) is 0 Å². The maximum atomic E-state index is 11.9. The lowest BCUT2D eigenvalue weighted by Crippen LogP contribution is -2.10. The molecule has 0 aliphatic heterocycles. The number of allylic oxidation sites excluding steroid dienone is 2. The van der Waals surface area contributed by atoms with Gasteiger partial charge in [0.15, 0.2) is 0 Å². The molecule has 4 heteroatoms. The molecule has 58 valence electrons. The largest absolute Gasteiger partial charge is 0.413 e. The molecule has 0 aromatic carbocycles. The van der Waals surface area contributed by atoms with Crippen LogP contribution in [0.4, 0.5) is 13.2 Å². The van der Waals surface area contributed by atoms with Crippen LogP contribution in [0.5, 0.6) is 0 Å². The van der Waals surface area contributed by atoms with Crippen molar-refractivity contribution in [2.24, 2.45) is 0 Å². The van der Waals surface area contributed by atoms with Gasteiger partial charge in [-0.15, -0.1) is 0 Å². The summed E-state index contributed by atoms with van der Waals surface area (Å²) < 4.78 is 35.6. The number of alkyl halides is 3. The second-order valence-electron chi connectivity index (χ2n) is 2.23. The van der Waals surface area contributed by atoms with Gasteiger partial charge in [-0.2, -0.15) is 13.2 Å². The van der Waals surface area contributed by atoms with Crippen molar-refractivity contribution in [3.05, 3.63) is 10.6 Å². The summed E-state index contributed by atoms with van der Waals surface area (Å²) in [6.07, 6.45) is -3.19. The minimum absolute atomic E-state index is 0.00694. The van der Waals surface area contributed by atoms with Gasteiger partial charge in [-0.1, -0.05) is 11.6 Å². The van der Waals surface area contributed by atoms with Crippen LogP contribution < -0.4 is 0 Å². The first kappa shape index (κ1) is 7.92. The van der Waals surface area contributed by atoms with Crippen LogP contribution in [0.1, 0.15) is 19.3 Å². The predicted molar refractivity (Wildman–Crippen MR) is 32.8 cm³/mol. The van der Waals surface area contributed by atoms with Crippen LogP contribution in [0.3, 0.4) is 0 Å². The van der Waals surface area contributed by atoms with Crippen molar-refractivity contribution in [1.29, 1.82) is 0 Å². The Morgan fingerprint density at radius 2 is 1.80 bits per heavy atom. The number of hydrogen-bond donors (Lipinski definition) is 0. The van der Waals surface area contributed by atoms with E-state index in [0.717, 1.165) is 0 Å². The van der Waals surface area contributed by atoms with E-state index in [2.05, 4.69) is 0 Å². The molecular weight excluding hydrogens is 165 g/mol. The van der Waals surface area contributed by atoms with Gasteiger partial charge in [-0.25, -0.2) is 0 Å². The number of halogens is 4. The van der Waals surface area contributed by atoms with Gasteiger partial charge in [0.25, 0.3) is 0 Å². The summed E-state index contributed by atoms with van der Waals surface area (Å²) in [6.45, 7) is 0. The highest BCUT2D eigenvalue weighted by Gasteiger charge is 2.37. The third-order valence-electron chi connectivity index (χ3n) is 1.49. The molecule has 0 unspecified atom stereocenters. The highest BCUT2D eigenvalue weighted by Crippen LogP contribution is 2.39. The first-order valence-electron chi connectivity index (χ1n) is 2.96.